The number of rotatable bonds is 8. The summed E-state index contributed by atoms with van der Waals surface area (Å²) in [5.41, 5.74) is 1.19. The molecule has 0 saturated carbocycles. The molecule has 1 rings (SSSR count). The van der Waals surface area contributed by atoms with Gasteiger partial charge in [-0.05, 0) is 50.5 Å². The van der Waals surface area contributed by atoms with E-state index < -0.39 is 8.32 Å². The second kappa shape index (κ2) is 9.40. The highest BCUT2D eigenvalue weighted by atomic mass is 28.4. The van der Waals surface area contributed by atoms with Gasteiger partial charge in [0.05, 0.1) is 18.0 Å². The Hall–Kier alpha value is -1.32. The normalized spacial score (nSPS) is 15.0. The Morgan fingerprint density at radius 2 is 1.72 bits per heavy atom. The first-order chi connectivity index (χ1) is 11.5. The van der Waals surface area contributed by atoms with Crippen molar-refractivity contribution in [3.05, 3.63) is 53.8 Å². The summed E-state index contributed by atoms with van der Waals surface area (Å²) in [6, 6.07) is 10.4. The highest BCUT2D eigenvalue weighted by Crippen LogP contribution is 2.38. The SMILES string of the molecule is C/C=C(/CC(/C=C/c1ccccc1)O[Si](C)(C)C(C)(C)C)OC(C)C. The van der Waals surface area contributed by atoms with E-state index in [1.807, 2.05) is 13.0 Å². The van der Waals surface area contributed by atoms with Crippen molar-refractivity contribution in [1.29, 1.82) is 0 Å². The highest BCUT2D eigenvalue weighted by Gasteiger charge is 2.38. The summed E-state index contributed by atoms with van der Waals surface area (Å²) in [5, 5.41) is 0.181. The van der Waals surface area contributed by atoms with Crippen molar-refractivity contribution in [2.45, 2.75) is 78.3 Å². The molecule has 3 heteroatoms. The van der Waals surface area contributed by atoms with Crippen molar-refractivity contribution in [1.82, 2.24) is 0 Å². The summed E-state index contributed by atoms with van der Waals surface area (Å²) in [4.78, 5) is 0. The Bertz CT molecular complexity index is 565. The summed E-state index contributed by atoms with van der Waals surface area (Å²) in [6.45, 7) is 17.6. The molecule has 0 heterocycles. The number of allylic oxidation sites excluding steroid dienone is 1. The highest BCUT2D eigenvalue weighted by molar-refractivity contribution is 6.74. The van der Waals surface area contributed by atoms with Gasteiger partial charge in [-0.1, -0.05) is 63.3 Å². The molecule has 0 aliphatic rings. The fraction of sp³-hybridized carbons (Fsp3) is 0.545. The molecule has 0 aliphatic heterocycles. The van der Waals surface area contributed by atoms with Crippen LogP contribution in [0, 0.1) is 0 Å². The predicted molar refractivity (Wildman–Crippen MR) is 112 cm³/mol. The molecule has 0 radical (unpaired) electrons. The molecule has 140 valence electrons. The maximum Gasteiger partial charge on any atom is 0.192 e. The van der Waals surface area contributed by atoms with E-state index in [-0.39, 0.29) is 17.2 Å². The van der Waals surface area contributed by atoms with E-state index >= 15 is 0 Å². The molecule has 1 aromatic rings. The van der Waals surface area contributed by atoms with Gasteiger partial charge in [0.1, 0.15) is 0 Å². The van der Waals surface area contributed by atoms with Gasteiger partial charge >= 0.3 is 0 Å². The van der Waals surface area contributed by atoms with E-state index in [1.54, 1.807) is 0 Å². The fourth-order valence-electron chi connectivity index (χ4n) is 2.22. The summed E-state index contributed by atoms with van der Waals surface area (Å²) in [5.74, 6) is 0.997. The second-order valence-corrected chi connectivity index (χ2v) is 13.1. The zero-order valence-corrected chi connectivity index (χ0v) is 18.3. The van der Waals surface area contributed by atoms with Crippen LogP contribution in [0.15, 0.2) is 48.2 Å². The number of benzene rings is 1. The lowest BCUT2D eigenvalue weighted by molar-refractivity contribution is 0.118. The van der Waals surface area contributed by atoms with Crippen LogP contribution in [0.3, 0.4) is 0 Å². The third-order valence-corrected chi connectivity index (χ3v) is 9.17. The van der Waals surface area contributed by atoms with Gasteiger partial charge < -0.3 is 9.16 Å². The number of ether oxygens (including phenoxy) is 1. The third-order valence-electron chi connectivity index (χ3n) is 4.67. The van der Waals surface area contributed by atoms with Crippen LogP contribution >= 0.6 is 0 Å². The van der Waals surface area contributed by atoms with E-state index in [9.17, 15) is 0 Å². The Morgan fingerprint density at radius 1 is 1.12 bits per heavy atom. The quantitative estimate of drug-likeness (QED) is 0.374. The van der Waals surface area contributed by atoms with Crippen molar-refractivity contribution in [3.8, 4) is 0 Å². The smallest absolute Gasteiger partial charge is 0.192 e. The van der Waals surface area contributed by atoms with Gasteiger partial charge in [-0.15, -0.1) is 0 Å². The molecule has 2 nitrogen and oxygen atoms in total. The molecule has 0 bridgehead atoms. The monoisotopic (exact) mass is 360 g/mol. The largest absolute Gasteiger partial charge is 0.496 e. The minimum atomic E-state index is -1.86. The van der Waals surface area contributed by atoms with E-state index in [2.05, 4.69) is 90.2 Å². The van der Waals surface area contributed by atoms with Gasteiger partial charge in [0.15, 0.2) is 8.32 Å². The third kappa shape index (κ3) is 7.62. The summed E-state index contributed by atoms with van der Waals surface area (Å²) in [7, 11) is -1.86. The van der Waals surface area contributed by atoms with Gasteiger partial charge in [-0.2, -0.15) is 0 Å². The summed E-state index contributed by atoms with van der Waals surface area (Å²) >= 11 is 0. The topological polar surface area (TPSA) is 18.5 Å². The molecular formula is C22H36O2Si. The van der Waals surface area contributed by atoms with Crippen LogP contribution < -0.4 is 0 Å². The van der Waals surface area contributed by atoms with E-state index in [4.69, 9.17) is 9.16 Å². The first kappa shape index (κ1) is 21.7. The summed E-state index contributed by atoms with van der Waals surface area (Å²) < 4.78 is 12.6. The van der Waals surface area contributed by atoms with Crippen LogP contribution in [0.25, 0.3) is 6.08 Å². The minimum absolute atomic E-state index is 0.0195. The van der Waals surface area contributed by atoms with Crippen molar-refractivity contribution in [3.63, 3.8) is 0 Å². The first-order valence-corrected chi connectivity index (χ1v) is 12.2. The Morgan fingerprint density at radius 3 is 2.20 bits per heavy atom. The van der Waals surface area contributed by atoms with Gasteiger partial charge in [-0.25, -0.2) is 0 Å². The molecule has 0 aliphatic carbocycles. The van der Waals surface area contributed by atoms with Gasteiger partial charge in [0, 0.05) is 6.42 Å². The molecule has 0 saturated heterocycles. The van der Waals surface area contributed by atoms with Crippen LogP contribution in [0.4, 0.5) is 0 Å². The first-order valence-electron chi connectivity index (χ1n) is 9.28. The number of hydrogen-bond donors (Lipinski definition) is 0. The zero-order chi connectivity index (χ0) is 19.1. The fourth-order valence-corrected chi connectivity index (χ4v) is 3.49. The van der Waals surface area contributed by atoms with E-state index in [0.717, 1.165) is 12.2 Å². The van der Waals surface area contributed by atoms with Gasteiger partial charge in [0.2, 0.25) is 0 Å². The Kier molecular flexibility index (Phi) is 8.16. The minimum Gasteiger partial charge on any atom is -0.496 e. The van der Waals surface area contributed by atoms with Crippen molar-refractivity contribution < 1.29 is 9.16 Å². The van der Waals surface area contributed by atoms with Crippen LogP contribution in [0.5, 0.6) is 0 Å². The van der Waals surface area contributed by atoms with Crippen LogP contribution in [-0.4, -0.2) is 20.5 Å². The molecular weight excluding hydrogens is 324 g/mol. The van der Waals surface area contributed by atoms with E-state index in [1.165, 1.54) is 5.56 Å². The Balaban J connectivity index is 2.99. The van der Waals surface area contributed by atoms with E-state index in [0.29, 0.717) is 0 Å². The molecule has 0 N–H and O–H groups in total. The average molecular weight is 361 g/mol. The molecule has 1 atom stereocenters. The maximum atomic E-state index is 6.67. The average Bonchev–Trinajstić information content (AvgIpc) is 2.51. The van der Waals surface area contributed by atoms with Crippen LogP contribution in [0.2, 0.25) is 18.1 Å². The Labute approximate surface area is 156 Å². The molecule has 0 amide bonds. The molecule has 0 fully saturated rings. The molecule has 1 aromatic carbocycles. The summed E-state index contributed by atoms with van der Waals surface area (Å²) in [6.07, 6.45) is 7.36. The zero-order valence-electron chi connectivity index (χ0n) is 17.3. The lowest BCUT2D eigenvalue weighted by Gasteiger charge is -2.39. The molecule has 0 aromatic heterocycles. The van der Waals surface area contributed by atoms with Crippen molar-refractivity contribution >= 4 is 14.4 Å². The lowest BCUT2D eigenvalue weighted by Crippen LogP contribution is -2.43. The van der Waals surface area contributed by atoms with Crippen LogP contribution in [0.1, 0.15) is 53.5 Å². The van der Waals surface area contributed by atoms with Crippen molar-refractivity contribution in [2.24, 2.45) is 0 Å². The maximum absolute atomic E-state index is 6.67. The predicted octanol–water partition coefficient (Wildman–Crippen LogP) is 6.81. The van der Waals surface area contributed by atoms with Gasteiger partial charge in [0.25, 0.3) is 0 Å². The standard InChI is InChI=1S/C22H36O2Si/c1-9-20(23-18(2)3)17-21(24-25(7,8)22(4,5)6)16-15-19-13-11-10-12-14-19/h9-16,18,21H,17H2,1-8H3/b16-15+,20-9-. The lowest BCUT2D eigenvalue weighted by atomic mass is 10.1. The van der Waals surface area contributed by atoms with Crippen molar-refractivity contribution in [2.75, 3.05) is 0 Å². The van der Waals surface area contributed by atoms with Gasteiger partial charge in [-0.3, -0.25) is 0 Å². The second-order valence-electron chi connectivity index (χ2n) is 8.31. The number of hydrogen-bond acceptors (Lipinski definition) is 2. The molecule has 25 heavy (non-hydrogen) atoms. The molecule has 0 spiro atoms. The molecule has 1 unspecified atom stereocenters. The van der Waals surface area contributed by atoms with Crippen LogP contribution in [-0.2, 0) is 9.16 Å².